The second-order valence-electron chi connectivity index (χ2n) is 15.5. The summed E-state index contributed by atoms with van der Waals surface area (Å²) in [4.78, 5) is 21.1. The first kappa shape index (κ1) is 35.5. The van der Waals surface area contributed by atoms with Crippen LogP contribution in [0.3, 0.4) is 0 Å². The Balaban J connectivity index is 1.18. The molecular formula is C56H35N5O. The largest absolute Gasteiger partial charge is 0.454 e. The van der Waals surface area contributed by atoms with Crippen LogP contribution in [0.25, 0.3) is 117 Å². The molecule has 12 rings (SSSR count). The van der Waals surface area contributed by atoms with Crippen molar-refractivity contribution in [1.29, 1.82) is 0 Å². The Bertz CT molecular complexity index is 3500. The third-order valence-electron chi connectivity index (χ3n) is 11.7. The zero-order valence-corrected chi connectivity index (χ0v) is 33.4. The molecule has 6 nitrogen and oxygen atoms in total. The van der Waals surface area contributed by atoms with Gasteiger partial charge in [-0.25, -0.2) is 19.9 Å². The number of hydrogen-bond acceptors (Lipinski definition) is 5. The molecule has 0 unspecified atom stereocenters. The Morgan fingerprint density at radius 2 is 0.839 bits per heavy atom. The standard InChI is InChI=1S/C56H35N5O/c1-5-17-36(18-6-1)40-31-41(37-19-7-2-8-20-37)33-42(32-40)43-34-48(55-59-53(38-21-9-3-10-22-38)58-54(60-55)39-23-11-4-12-24-39)56(57-35-43)61-49-27-15-13-25-44(49)46-29-30-47-45-26-14-16-28-50(45)62-52(47)51(46)61/h1-35H. The minimum absolute atomic E-state index is 0.507. The molecule has 0 aliphatic rings. The number of aromatic nitrogens is 5. The summed E-state index contributed by atoms with van der Waals surface area (Å²) in [5.41, 5.74) is 12.5. The van der Waals surface area contributed by atoms with Crippen LogP contribution in [0.5, 0.6) is 0 Å². The lowest BCUT2D eigenvalue weighted by molar-refractivity contribution is 0.671. The fourth-order valence-corrected chi connectivity index (χ4v) is 8.73. The molecule has 0 radical (unpaired) electrons. The van der Waals surface area contributed by atoms with Crippen molar-refractivity contribution in [3.63, 3.8) is 0 Å². The number of pyridine rings is 1. The van der Waals surface area contributed by atoms with Crippen LogP contribution in [-0.2, 0) is 0 Å². The van der Waals surface area contributed by atoms with E-state index in [1.54, 1.807) is 0 Å². The minimum atomic E-state index is 0.507. The molecular weight excluding hydrogens is 759 g/mol. The molecule has 0 amide bonds. The van der Waals surface area contributed by atoms with E-state index in [1.165, 1.54) is 0 Å². The van der Waals surface area contributed by atoms with E-state index in [-0.39, 0.29) is 0 Å². The zero-order chi connectivity index (χ0) is 41.0. The van der Waals surface area contributed by atoms with Crippen LogP contribution >= 0.6 is 0 Å². The van der Waals surface area contributed by atoms with E-state index in [4.69, 9.17) is 24.4 Å². The van der Waals surface area contributed by atoms with Gasteiger partial charge in [0, 0.05) is 44.4 Å². The van der Waals surface area contributed by atoms with Crippen molar-refractivity contribution in [1.82, 2.24) is 24.5 Å². The summed E-state index contributed by atoms with van der Waals surface area (Å²) in [7, 11) is 0. The maximum absolute atomic E-state index is 6.77. The highest BCUT2D eigenvalue weighted by molar-refractivity contribution is 6.21. The summed E-state index contributed by atoms with van der Waals surface area (Å²) in [5, 5.41) is 4.27. The van der Waals surface area contributed by atoms with Gasteiger partial charge in [-0.05, 0) is 70.3 Å². The smallest absolute Gasteiger partial charge is 0.167 e. The molecule has 8 aromatic carbocycles. The summed E-state index contributed by atoms with van der Waals surface area (Å²) in [6.45, 7) is 0. The van der Waals surface area contributed by atoms with Crippen LogP contribution < -0.4 is 0 Å². The van der Waals surface area contributed by atoms with E-state index in [0.717, 1.165) is 93.8 Å². The Kier molecular flexibility index (Phi) is 8.38. The number of hydrogen-bond donors (Lipinski definition) is 0. The molecule has 0 spiro atoms. The summed E-state index contributed by atoms with van der Waals surface area (Å²) in [5.74, 6) is 2.34. The van der Waals surface area contributed by atoms with Gasteiger partial charge in [0.25, 0.3) is 0 Å². The fourth-order valence-electron chi connectivity index (χ4n) is 8.73. The van der Waals surface area contributed by atoms with Crippen molar-refractivity contribution < 1.29 is 4.42 Å². The number of fused-ring (bicyclic) bond motifs is 7. The van der Waals surface area contributed by atoms with Gasteiger partial charge in [0.2, 0.25) is 0 Å². The lowest BCUT2D eigenvalue weighted by Crippen LogP contribution is -2.06. The third kappa shape index (κ3) is 6.04. The van der Waals surface area contributed by atoms with E-state index in [1.807, 2.05) is 79.0 Å². The van der Waals surface area contributed by atoms with Gasteiger partial charge in [0.1, 0.15) is 11.4 Å². The predicted molar refractivity (Wildman–Crippen MR) is 252 cm³/mol. The van der Waals surface area contributed by atoms with Crippen LogP contribution in [-0.4, -0.2) is 24.5 Å². The Morgan fingerprint density at radius 1 is 0.355 bits per heavy atom. The van der Waals surface area contributed by atoms with Crippen molar-refractivity contribution >= 4 is 43.7 Å². The number of rotatable bonds is 7. The average Bonchev–Trinajstić information content (AvgIpc) is 3.91. The van der Waals surface area contributed by atoms with E-state index in [0.29, 0.717) is 23.3 Å². The molecule has 6 heteroatoms. The van der Waals surface area contributed by atoms with E-state index in [9.17, 15) is 0 Å². The number of furan rings is 1. The van der Waals surface area contributed by atoms with E-state index >= 15 is 0 Å². The van der Waals surface area contributed by atoms with Crippen molar-refractivity contribution in [3.8, 4) is 73.4 Å². The topological polar surface area (TPSA) is 69.6 Å². The first-order chi connectivity index (χ1) is 30.7. The van der Waals surface area contributed by atoms with Crippen molar-refractivity contribution in [2.45, 2.75) is 0 Å². The fraction of sp³-hybridized carbons (Fsp3) is 0. The Labute approximate surface area is 357 Å². The van der Waals surface area contributed by atoms with E-state index in [2.05, 4.69) is 138 Å². The van der Waals surface area contributed by atoms with Gasteiger partial charge in [-0.15, -0.1) is 0 Å². The number of benzene rings is 8. The molecule has 0 saturated heterocycles. The van der Waals surface area contributed by atoms with Crippen LogP contribution in [0.2, 0.25) is 0 Å². The average molecular weight is 794 g/mol. The van der Waals surface area contributed by atoms with Gasteiger partial charge < -0.3 is 4.42 Å². The maximum Gasteiger partial charge on any atom is 0.167 e. The first-order valence-electron chi connectivity index (χ1n) is 20.7. The molecule has 12 aromatic rings. The number of nitrogens with zero attached hydrogens (tertiary/aromatic N) is 5. The van der Waals surface area contributed by atoms with E-state index < -0.39 is 0 Å². The highest BCUT2D eigenvalue weighted by Gasteiger charge is 2.24. The molecule has 0 saturated carbocycles. The maximum atomic E-state index is 6.77. The molecule has 62 heavy (non-hydrogen) atoms. The SMILES string of the molecule is c1ccc(-c2cc(-c3ccccc3)cc(-c3cnc(-n4c5ccccc5c5ccc6c7ccccc7oc6c54)c(-c4nc(-c5ccccc5)nc(-c5ccccc5)n4)c3)c2)cc1. The summed E-state index contributed by atoms with van der Waals surface area (Å²) in [6, 6.07) is 71.3. The Morgan fingerprint density at radius 3 is 1.45 bits per heavy atom. The monoisotopic (exact) mass is 793 g/mol. The van der Waals surface area contributed by atoms with Gasteiger partial charge in [0.15, 0.2) is 23.1 Å². The first-order valence-corrected chi connectivity index (χ1v) is 20.7. The minimum Gasteiger partial charge on any atom is -0.454 e. The van der Waals surface area contributed by atoms with Gasteiger partial charge >= 0.3 is 0 Å². The van der Waals surface area contributed by atoms with Crippen LogP contribution in [0, 0.1) is 0 Å². The summed E-state index contributed by atoms with van der Waals surface area (Å²) < 4.78 is 9.01. The van der Waals surface area contributed by atoms with Crippen molar-refractivity contribution in [2.24, 2.45) is 0 Å². The normalized spacial score (nSPS) is 11.5. The number of para-hydroxylation sites is 2. The van der Waals surface area contributed by atoms with Gasteiger partial charge in [-0.1, -0.05) is 164 Å². The molecule has 4 aromatic heterocycles. The lowest BCUT2D eigenvalue weighted by Gasteiger charge is -2.16. The predicted octanol–water partition coefficient (Wildman–Crippen LogP) is 14.3. The highest BCUT2D eigenvalue weighted by atomic mass is 16.3. The second kappa shape index (κ2) is 14.7. The molecule has 0 N–H and O–H groups in total. The van der Waals surface area contributed by atoms with Crippen molar-refractivity contribution in [3.05, 3.63) is 212 Å². The summed E-state index contributed by atoms with van der Waals surface area (Å²) >= 11 is 0. The lowest BCUT2D eigenvalue weighted by atomic mass is 9.93. The molecule has 290 valence electrons. The zero-order valence-electron chi connectivity index (χ0n) is 33.4. The molecule has 0 aliphatic heterocycles. The molecule has 4 heterocycles. The van der Waals surface area contributed by atoms with Gasteiger partial charge in [-0.3, -0.25) is 4.57 Å². The molecule has 0 atom stereocenters. The van der Waals surface area contributed by atoms with Crippen LogP contribution in [0.4, 0.5) is 0 Å². The van der Waals surface area contributed by atoms with Crippen molar-refractivity contribution in [2.75, 3.05) is 0 Å². The second-order valence-corrected chi connectivity index (χ2v) is 15.5. The van der Waals surface area contributed by atoms with Crippen LogP contribution in [0.15, 0.2) is 217 Å². The Hall–Kier alpha value is -8.48. The van der Waals surface area contributed by atoms with Gasteiger partial charge in [-0.2, -0.15) is 0 Å². The van der Waals surface area contributed by atoms with Gasteiger partial charge in [0.05, 0.1) is 16.6 Å². The highest BCUT2D eigenvalue weighted by Crippen LogP contribution is 2.43. The third-order valence-corrected chi connectivity index (χ3v) is 11.7. The van der Waals surface area contributed by atoms with Crippen LogP contribution in [0.1, 0.15) is 0 Å². The summed E-state index contributed by atoms with van der Waals surface area (Å²) in [6.07, 6.45) is 1.98. The molecule has 0 fully saturated rings. The molecule has 0 aliphatic carbocycles. The molecule has 0 bridgehead atoms. The quantitative estimate of drug-likeness (QED) is 0.161.